The predicted octanol–water partition coefficient (Wildman–Crippen LogP) is 6.04. The molecule has 33 heavy (non-hydrogen) atoms. The number of likely N-dealkylation sites (tertiary alicyclic amines) is 1. The van der Waals surface area contributed by atoms with Crippen LogP contribution in [0.5, 0.6) is 0 Å². The third kappa shape index (κ3) is 5.56. The molecule has 0 atom stereocenters. The molecule has 1 N–H and O–H groups in total. The van der Waals surface area contributed by atoms with Gasteiger partial charge in [-0.3, -0.25) is 4.79 Å². The van der Waals surface area contributed by atoms with Gasteiger partial charge in [0.15, 0.2) is 0 Å². The van der Waals surface area contributed by atoms with Gasteiger partial charge in [0.2, 0.25) is 0 Å². The average molecular weight is 465 g/mol. The second-order valence-corrected chi connectivity index (χ2v) is 9.77. The highest BCUT2D eigenvalue weighted by atomic mass is 32.1. The molecule has 1 fully saturated rings. The Kier molecular flexibility index (Phi) is 7.99. The zero-order chi connectivity index (χ0) is 23.2. The molecule has 0 radical (unpaired) electrons. The molecular formula is C27H36N4OS. The molecule has 6 heteroatoms. The number of carbonyl (C=O) groups excluding carboxylic acids is 1. The fraction of sp³-hybridized carbons (Fsp3) is 0.481. The van der Waals surface area contributed by atoms with Crippen molar-refractivity contribution >= 4 is 33.1 Å². The fourth-order valence-corrected chi connectivity index (χ4v) is 5.57. The van der Waals surface area contributed by atoms with E-state index in [1.165, 1.54) is 49.2 Å². The van der Waals surface area contributed by atoms with E-state index in [2.05, 4.69) is 28.6 Å². The van der Waals surface area contributed by atoms with Crippen molar-refractivity contribution in [2.24, 2.45) is 0 Å². The topological polar surface area (TPSA) is 48.5 Å². The highest BCUT2D eigenvalue weighted by Gasteiger charge is 2.15. The van der Waals surface area contributed by atoms with Crippen molar-refractivity contribution in [3.05, 3.63) is 46.8 Å². The second kappa shape index (κ2) is 11.1. The normalized spacial score (nSPS) is 14.5. The van der Waals surface area contributed by atoms with Crippen LogP contribution < -0.4 is 5.32 Å². The summed E-state index contributed by atoms with van der Waals surface area (Å²) in [5, 5.41) is 5.88. The fourth-order valence-electron chi connectivity index (χ4n) is 4.59. The van der Waals surface area contributed by atoms with E-state index < -0.39 is 0 Å². The number of fused-ring (bicyclic) bond motifs is 1. The first kappa shape index (κ1) is 23.7. The van der Waals surface area contributed by atoms with E-state index in [-0.39, 0.29) is 5.91 Å². The molecular weight excluding hydrogens is 428 g/mol. The molecule has 0 unspecified atom stereocenters. The molecule has 3 heterocycles. The van der Waals surface area contributed by atoms with Crippen LogP contribution in [0.4, 0.5) is 5.69 Å². The number of hydrogen-bond donors (Lipinski definition) is 1. The van der Waals surface area contributed by atoms with Crippen LogP contribution in [0.25, 0.3) is 21.5 Å². The zero-order valence-electron chi connectivity index (χ0n) is 20.2. The van der Waals surface area contributed by atoms with Crippen molar-refractivity contribution in [1.82, 2.24) is 14.8 Å². The first-order valence-corrected chi connectivity index (χ1v) is 13.2. The van der Waals surface area contributed by atoms with E-state index >= 15 is 0 Å². The van der Waals surface area contributed by atoms with Gasteiger partial charge in [-0.1, -0.05) is 18.6 Å². The summed E-state index contributed by atoms with van der Waals surface area (Å²) in [5.41, 5.74) is 6.15. The number of amides is 1. The molecule has 0 bridgehead atoms. The summed E-state index contributed by atoms with van der Waals surface area (Å²) < 4.78 is 1.22. The summed E-state index contributed by atoms with van der Waals surface area (Å²) >= 11 is 1.76. The number of thiophene rings is 1. The number of nitrogens with one attached hydrogen (secondary N) is 1. The molecule has 0 saturated carbocycles. The third-order valence-corrected chi connectivity index (χ3v) is 7.71. The van der Waals surface area contributed by atoms with E-state index in [4.69, 9.17) is 4.98 Å². The van der Waals surface area contributed by atoms with Gasteiger partial charge in [0.1, 0.15) is 0 Å². The Bertz CT molecular complexity index is 1070. The highest BCUT2D eigenvalue weighted by molar-refractivity contribution is 7.18. The summed E-state index contributed by atoms with van der Waals surface area (Å²) in [5.74, 6) is 0.0831. The molecule has 176 valence electrons. The van der Waals surface area contributed by atoms with Crippen molar-refractivity contribution in [1.29, 1.82) is 0 Å². The van der Waals surface area contributed by atoms with Crippen LogP contribution in [0.15, 0.2) is 35.7 Å². The van der Waals surface area contributed by atoms with Gasteiger partial charge in [-0.15, -0.1) is 11.3 Å². The lowest BCUT2D eigenvalue weighted by Gasteiger charge is -2.26. The summed E-state index contributed by atoms with van der Waals surface area (Å²) in [6, 6.07) is 10.1. The maximum absolute atomic E-state index is 12.7. The van der Waals surface area contributed by atoms with Gasteiger partial charge in [0.05, 0.1) is 21.6 Å². The van der Waals surface area contributed by atoms with Gasteiger partial charge in [0.25, 0.3) is 5.91 Å². The van der Waals surface area contributed by atoms with Gasteiger partial charge in [0, 0.05) is 30.8 Å². The van der Waals surface area contributed by atoms with Gasteiger partial charge in [-0.05, 0) is 88.8 Å². The smallest absolute Gasteiger partial charge is 0.253 e. The minimum absolute atomic E-state index is 0.0831. The lowest BCUT2D eigenvalue weighted by molar-refractivity contribution is 0.0773. The molecule has 0 spiro atoms. The number of anilines is 1. The first-order chi connectivity index (χ1) is 16.1. The number of pyridine rings is 1. The van der Waals surface area contributed by atoms with Gasteiger partial charge in [-0.25, -0.2) is 4.98 Å². The molecule has 4 rings (SSSR count). The first-order valence-electron chi connectivity index (χ1n) is 12.4. The molecule has 0 aliphatic carbocycles. The quantitative estimate of drug-likeness (QED) is 0.392. The summed E-state index contributed by atoms with van der Waals surface area (Å²) in [4.78, 5) is 22.1. The number of nitrogens with zero attached hydrogens (tertiary/aromatic N) is 3. The van der Waals surface area contributed by atoms with E-state index in [1.807, 2.05) is 43.0 Å². The molecule has 1 amide bonds. The highest BCUT2D eigenvalue weighted by Crippen LogP contribution is 2.34. The predicted molar refractivity (Wildman–Crippen MR) is 140 cm³/mol. The van der Waals surface area contributed by atoms with Crippen molar-refractivity contribution in [3.8, 4) is 11.3 Å². The number of benzene rings is 1. The number of carbonyl (C=O) groups is 1. The summed E-state index contributed by atoms with van der Waals surface area (Å²) in [6.45, 7) is 12.2. The van der Waals surface area contributed by atoms with Crippen LogP contribution in [0.2, 0.25) is 0 Å². The van der Waals surface area contributed by atoms with Crippen molar-refractivity contribution < 1.29 is 4.79 Å². The molecule has 5 nitrogen and oxygen atoms in total. The van der Waals surface area contributed by atoms with Gasteiger partial charge in [-0.2, -0.15) is 0 Å². The Morgan fingerprint density at radius 1 is 1.12 bits per heavy atom. The average Bonchev–Trinajstić information content (AvgIpc) is 3.24. The number of aryl methyl sites for hydroxylation is 1. The monoisotopic (exact) mass is 464 g/mol. The number of hydrogen-bond acceptors (Lipinski definition) is 5. The Labute approximate surface area is 201 Å². The maximum Gasteiger partial charge on any atom is 0.253 e. The third-order valence-electron chi connectivity index (χ3n) is 6.59. The molecule has 1 saturated heterocycles. The number of rotatable bonds is 9. The van der Waals surface area contributed by atoms with Gasteiger partial charge >= 0.3 is 0 Å². The van der Waals surface area contributed by atoms with Crippen LogP contribution >= 0.6 is 11.3 Å². The van der Waals surface area contributed by atoms with Crippen LogP contribution in [-0.2, 0) is 0 Å². The molecule has 3 aromatic rings. The summed E-state index contributed by atoms with van der Waals surface area (Å²) in [6.07, 6.45) is 5.21. The molecule has 1 aromatic carbocycles. The molecule has 2 aromatic heterocycles. The number of aromatic nitrogens is 1. The van der Waals surface area contributed by atoms with E-state index in [9.17, 15) is 4.79 Å². The Morgan fingerprint density at radius 2 is 1.85 bits per heavy atom. The second-order valence-electron chi connectivity index (χ2n) is 8.89. The number of piperidine rings is 1. The Morgan fingerprint density at radius 3 is 2.55 bits per heavy atom. The van der Waals surface area contributed by atoms with Crippen LogP contribution in [0.1, 0.15) is 55.5 Å². The van der Waals surface area contributed by atoms with Crippen molar-refractivity contribution in [2.45, 2.75) is 46.5 Å². The zero-order valence-corrected chi connectivity index (χ0v) is 21.0. The minimum atomic E-state index is 0.0831. The Balaban J connectivity index is 1.50. The lowest BCUT2D eigenvalue weighted by Crippen LogP contribution is -2.31. The van der Waals surface area contributed by atoms with Crippen molar-refractivity contribution in [2.75, 3.05) is 44.6 Å². The Hall–Kier alpha value is -2.44. The minimum Gasteiger partial charge on any atom is -0.384 e. The van der Waals surface area contributed by atoms with Crippen LogP contribution in [0.3, 0.4) is 0 Å². The van der Waals surface area contributed by atoms with Crippen molar-refractivity contribution in [3.63, 3.8) is 0 Å². The SMILES string of the molecule is CCN(CC)C(=O)c1ccc(-c2cc(NCCCN3CCCCC3)c3scc(C)c3n2)cc1. The molecule has 1 aliphatic heterocycles. The van der Waals surface area contributed by atoms with E-state index in [0.717, 1.165) is 54.1 Å². The maximum atomic E-state index is 12.7. The van der Waals surface area contributed by atoms with Crippen LogP contribution in [0, 0.1) is 6.92 Å². The van der Waals surface area contributed by atoms with Gasteiger partial charge < -0.3 is 15.1 Å². The molecule has 1 aliphatic rings. The standard InChI is InChI=1S/C27H36N4OS/c1-4-31(5-2)27(32)22-12-10-21(11-13-22)23-18-24(26-25(29-23)20(3)19-33-26)28-14-9-17-30-15-7-6-8-16-30/h10-13,18-19H,4-9,14-17H2,1-3H3,(H,28,29). The van der Waals surface area contributed by atoms with Crippen LogP contribution in [-0.4, -0.2) is 60.0 Å². The van der Waals surface area contributed by atoms with E-state index in [0.29, 0.717) is 0 Å². The lowest BCUT2D eigenvalue weighted by atomic mass is 10.1. The van der Waals surface area contributed by atoms with E-state index in [1.54, 1.807) is 11.3 Å². The summed E-state index contributed by atoms with van der Waals surface area (Å²) in [7, 11) is 0. The largest absolute Gasteiger partial charge is 0.384 e.